The van der Waals surface area contributed by atoms with Crippen LogP contribution in [0.25, 0.3) is 0 Å². The zero-order valence-corrected chi connectivity index (χ0v) is 11.9. The summed E-state index contributed by atoms with van der Waals surface area (Å²) in [6, 6.07) is 0. The quantitative estimate of drug-likeness (QED) is 0.704. The van der Waals surface area contributed by atoms with Gasteiger partial charge in [-0.1, -0.05) is 0 Å². The van der Waals surface area contributed by atoms with Gasteiger partial charge in [0.25, 0.3) is 0 Å². The highest BCUT2D eigenvalue weighted by Gasteiger charge is 2.25. The lowest BCUT2D eigenvalue weighted by molar-refractivity contribution is -0.126. The van der Waals surface area contributed by atoms with Crippen LogP contribution in [0.1, 0.15) is 25.7 Å². The van der Waals surface area contributed by atoms with Crippen LogP contribution < -0.4 is 11.1 Å². The molecule has 5 heteroatoms. The molecule has 19 heavy (non-hydrogen) atoms. The molecule has 110 valence electrons. The Balaban J connectivity index is 1.68. The molecule has 2 aliphatic rings. The van der Waals surface area contributed by atoms with E-state index in [-0.39, 0.29) is 11.8 Å². The van der Waals surface area contributed by atoms with Gasteiger partial charge in [0.1, 0.15) is 0 Å². The van der Waals surface area contributed by atoms with Crippen molar-refractivity contribution >= 4 is 5.91 Å². The topological polar surface area (TPSA) is 61.6 Å². The third kappa shape index (κ3) is 4.75. The third-order valence-electron chi connectivity index (χ3n) is 4.25. The molecule has 1 unspecified atom stereocenters. The number of likely N-dealkylation sites (tertiary alicyclic amines) is 2. The first-order valence-corrected chi connectivity index (χ1v) is 7.72. The maximum Gasteiger partial charge on any atom is 0.224 e. The molecule has 1 amide bonds. The van der Waals surface area contributed by atoms with Crippen molar-refractivity contribution in [2.75, 3.05) is 52.4 Å². The van der Waals surface area contributed by atoms with Gasteiger partial charge in [-0.3, -0.25) is 4.79 Å². The van der Waals surface area contributed by atoms with Gasteiger partial charge in [0.05, 0.1) is 5.92 Å². The van der Waals surface area contributed by atoms with Crippen LogP contribution in [0.4, 0.5) is 0 Å². The van der Waals surface area contributed by atoms with Crippen molar-refractivity contribution in [3.05, 3.63) is 0 Å². The molecular formula is C14H28N4O. The molecular weight excluding hydrogens is 240 g/mol. The summed E-state index contributed by atoms with van der Waals surface area (Å²) in [6.07, 6.45) is 4.87. The molecule has 0 aromatic rings. The van der Waals surface area contributed by atoms with Gasteiger partial charge >= 0.3 is 0 Å². The van der Waals surface area contributed by atoms with E-state index in [1.807, 2.05) is 0 Å². The summed E-state index contributed by atoms with van der Waals surface area (Å²) >= 11 is 0. The van der Waals surface area contributed by atoms with Crippen LogP contribution in [0.3, 0.4) is 0 Å². The fourth-order valence-electron chi connectivity index (χ4n) is 3.10. The standard InChI is InChI=1S/C14H28N4O/c15-5-6-16-14(19)13-4-3-9-18(12-13)11-10-17-7-1-2-8-17/h13H,1-12,15H2,(H,16,19). The van der Waals surface area contributed by atoms with Crippen LogP contribution in [0, 0.1) is 5.92 Å². The molecule has 2 fully saturated rings. The van der Waals surface area contributed by atoms with E-state index in [4.69, 9.17) is 5.73 Å². The molecule has 5 nitrogen and oxygen atoms in total. The molecule has 0 saturated carbocycles. The summed E-state index contributed by atoms with van der Waals surface area (Å²) in [5.74, 6) is 0.357. The zero-order chi connectivity index (χ0) is 13.5. The molecule has 3 N–H and O–H groups in total. The number of piperidine rings is 1. The van der Waals surface area contributed by atoms with E-state index in [0.717, 1.165) is 39.0 Å². The number of nitrogens with one attached hydrogen (secondary N) is 1. The minimum Gasteiger partial charge on any atom is -0.355 e. The predicted molar refractivity (Wildman–Crippen MR) is 76.9 cm³/mol. The molecule has 0 aromatic carbocycles. The lowest BCUT2D eigenvalue weighted by Gasteiger charge is -2.33. The minimum absolute atomic E-state index is 0.166. The summed E-state index contributed by atoms with van der Waals surface area (Å²) < 4.78 is 0. The van der Waals surface area contributed by atoms with Gasteiger partial charge in [0.15, 0.2) is 0 Å². The number of rotatable bonds is 6. The van der Waals surface area contributed by atoms with Gasteiger partial charge in [-0.15, -0.1) is 0 Å². The second-order valence-corrected chi connectivity index (χ2v) is 5.77. The van der Waals surface area contributed by atoms with Gasteiger partial charge in [0, 0.05) is 32.7 Å². The molecule has 2 saturated heterocycles. The Morgan fingerprint density at radius 2 is 1.79 bits per heavy atom. The number of carbonyl (C=O) groups is 1. The first-order valence-electron chi connectivity index (χ1n) is 7.72. The van der Waals surface area contributed by atoms with E-state index < -0.39 is 0 Å². The van der Waals surface area contributed by atoms with Crippen molar-refractivity contribution in [2.24, 2.45) is 11.7 Å². The molecule has 0 aromatic heterocycles. The normalized spacial score (nSPS) is 25.6. The minimum atomic E-state index is 0.166. The first kappa shape index (κ1) is 14.8. The number of nitrogens with zero attached hydrogens (tertiary/aromatic N) is 2. The molecule has 0 aliphatic carbocycles. The van der Waals surface area contributed by atoms with Gasteiger partial charge in [-0.25, -0.2) is 0 Å². The fraction of sp³-hybridized carbons (Fsp3) is 0.929. The number of amides is 1. The average molecular weight is 268 g/mol. The van der Waals surface area contributed by atoms with Crippen molar-refractivity contribution in [1.29, 1.82) is 0 Å². The van der Waals surface area contributed by atoms with Crippen LogP contribution in [-0.4, -0.2) is 68.1 Å². The molecule has 0 bridgehead atoms. The smallest absolute Gasteiger partial charge is 0.224 e. The van der Waals surface area contributed by atoms with Crippen molar-refractivity contribution in [1.82, 2.24) is 15.1 Å². The Labute approximate surface area is 116 Å². The van der Waals surface area contributed by atoms with Crippen molar-refractivity contribution < 1.29 is 4.79 Å². The predicted octanol–water partition coefficient (Wildman–Crippen LogP) is -0.131. The average Bonchev–Trinajstić information content (AvgIpc) is 2.96. The van der Waals surface area contributed by atoms with Crippen molar-refractivity contribution in [3.8, 4) is 0 Å². The lowest BCUT2D eigenvalue weighted by Crippen LogP contribution is -2.45. The third-order valence-corrected chi connectivity index (χ3v) is 4.25. The van der Waals surface area contributed by atoms with Crippen LogP contribution in [0.2, 0.25) is 0 Å². The molecule has 2 rings (SSSR count). The Bertz CT molecular complexity index is 279. The second kappa shape index (κ2) is 7.82. The molecule has 0 radical (unpaired) electrons. The van der Waals surface area contributed by atoms with E-state index in [9.17, 15) is 4.79 Å². The Hall–Kier alpha value is -0.650. The van der Waals surface area contributed by atoms with E-state index in [0.29, 0.717) is 13.1 Å². The fourth-order valence-corrected chi connectivity index (χ4v) is 3.10. The Morgan fingerprint density at radius 1 is 1.11 bits per heavy atom. The summed E-state index contributed by atoms with van der Waals surface area (Å²) in [4.78, 5) is 17.0. The Kier molecular flexibility index (Phi) is 6.07. The van der Waals surface area contributed by atoms with Crippen LogP contribution in [0.5, 0.6) is 0 Å². The summed E-state index contributed by atoms with van der Waals surface area (Å²) in [5.41, 5.74) is 5.42. The van der Waals surface area contributed by atoms with Crippen LogP contribution in [-0.2, 0) is 4.79 Å². The van der Waals surface area contributed by atoms with Gasteiger partial charge in [0.2, 0.25) is 5.91 Å². The number of hydrogen-bond donors (Lipinski definition) is 2. The van der Waals surface area contributed by atoms with E-state index >= 15 is 0 Å². The summed E-state index contributed by atoms with van der Waals surface area (Å²) in [7, 11) is 0. The number of hydrogen-bond acceptors (Lipinski definition) is 4. The molecule has 2 heterocycles. The Morgan fingerprint density at radius 3 is 2.53 bits per heavy atom. The zero-order valence-electron chi connectivity index (χ0n) is 11.9. The number of nitrogens with two attached hydrogens (primary N) is 1. The molecule has 0 spiro atoms. The molecule has 2 aliphatic heterocycles. The monoisotopic (exact) mass is 268 g/mol. The van der Waals surface area contributed by atoms with Crippen molar-refractivity contribution in [2.45, 2.75) is 25.7 Å². The van der Waals surface area contributed by atoms with E-state index in [1.54, 1.807) is 0 Å². The van der Waals surface area contributed by atoms with Gasteiger partial charge < -0.3 is 20.9 Å². The van der Waals surface area contributed by atoms with E-state index in [2.05, 4.69) is 15.1 Å². The maximum absolute atomic E-state index is 12.0. The van der Waals surface area contributed by atoms with Gasteiger partial charge in [-0.2, -0.15) is 0 Å². The first-order chi connectivity index (χ1) is 9.29. The lowest BCUT2D eigenvalue weighted by atomic mass is 9.97. The van der Waals surface area contributed by atoms with Crippen LogP contribution in [0.15, 0.2) is 0 Å². The maximum atomic E-state index is 12.0. The molecule has 1 atom stereocenters. The highest BCUT2D eigenvalue weighted by molar-refractivity contribution is 5.78. The van der Waals surface area contributed by atoms with E-state index in [1.165, 1.54) is 25.9 Å². The van der Waals surface area contributed by atoms with Crippen LogP contribution >= 0.6 is 0 Å². The second-order valence-electron chi connectivity index (χ2n) is 5.77. The number of carbonyl (C=O) groups excluding carboxylic acids is 1. The largest absolute Gasteiger partial charge is 0.355 e. The highest BCUT2D eigenvalue weighted by Crippen LogP contribution is 2.17. The van der Waals surface area contributed by atoms with Crippen molar-refractivity contribution in [3.63, 3.8) is 0 Å². The summed E-state index contributed by atoms with van der Waals surface area (Å²) in [6.45, 7) is 7.99. The van der Waals surface area contributed by atoms with Gasteiger partial charge in [-0.05, 0) is 45.3 Å². The highest BCUT2D eigenvalue weighted by atomic mass is 16.1. The SMILES string of the molecule is NCCNC(=O)C1CCCN(CCN2CCCC2)C1. The summed E-state index contributed by atoms with van der Waals surface area (Å²) in [5, 5.41) is 2.92.